The minimum atomic E-state index is -0.948. The van der Waals surface area contributed by atoms with Crippen LogP contribution in [0.2, 0.25) is 0 Å². The number of nitrogens with zero attached hydrogens (tertiary/aromatic N) is 1. The van der Waals surface area contributed by atoms with Crippen molar-refractivity contribution in [3.8, 4) is 0 Å². The van der Waals surface area contributed by atoms with Crippen molar-refractivity contribution in [2.24, 2.45) is 5.92 Å². The molecule has 1 amide bonds. The molecule has 31 heavy (non-hydrogen) atoms. The molecule has 1 saturated carbocycles. The van der Waals surface area contributed by atoms with Crippen LogP contribution in [-0.4, -0.2) is 64.4 Å². The fourth-order valence-corrected chi connectivity index (χ4v) is 5.66. The predicted molar refractivity (Wildman–Crippen MR) is 119 cm³/mol. The first-order valence-corrected chi connectivity index (χ1v) is 12.1. The summed E-state index contributed by atoms with van der Waals surface area (Å²) in [5, 5.41) is 12.8. The van der Waals surface area contributed by atoms with Crippen LogP contribution < -0.4 is 5.32 Å². The summed E-state index contributed by atoms with van der Waals surface area (Å²) in [5.74, 6) is -0.940. The number of thioether (sulfide) groups is 1. The summed E-state index contributed by atoms with van der Waals surface area (Å²) < 4.78 is 5.21. The van der Waals surface area contributed by atoms with E-state index < -0.39 is 30.1 Å². The number of benzene rings is 1. The first-order chi connectivity index (χ1) is 14.9. The standard InChI is InChI=1S/C23H32N2O5S/c1-3-30-23(29)18(14-31-17-10-5-4-6-11-17)24-15(2)21(26)25-19-12-8-7-9-16(19)13-20(25)22(27)28/h4-6,10-11,15-16,18-20,24H,3,7-9,12-14H2,1-2H3,(H,27,28)/t15-,16?,18?,19?,20?/m0/s1. The van der Waals surface area contributed by atoms with Crippen LogP contribution in [0.25, 0.3) is 0 Å². The van der Waals surface area contributed by atoms with E-state index in [0.29, 0.717) is 12.2 Å². The summed E-state index contributed by atoms with van der Waals surface area (Å²) in [4.78, 5) is 40.3. The topological polar surface area (TPSA) is 95.9 Å². The van der Waals surface area contributed by atoms with E-state index in [2.05, 4.69) is 5.32 Å². The molecule has 4 unspecified atom stereocenters. The van der Waals surface area contributed by atoms with Gasteiger partial charge >= 0.3 is 11.9 Å². The molecule has 0 aromatic heterocycles. The van der Waals surface area contributed by atoms with Gasteiger partial charge in [0.2, 0.25) is 5.91 Å². The zero-order valence-corrected chi connectivity index (χ0v) is 19.0. The molecule has 1 aliphatic carbocycles. The molecule has 0 spiro atoms. The lowest BCUT2D eigenvalue weighted by Gasteiger charge is -2.35. The zero-order valence-electron chi connectivity index (χ0n) is 18.2. The summed E-state index contributed by atoms with van der Waals surface area (Å²) >= 11 is 1.51. The third-order valence-corrected chi connectivity index (χ3v) is 7.29. The van der Waals surface area contributed by atoms with Crippen LogP contribution in [0, 0.1) is 5.92 Å². The molecule has 1 aliphatic heterocycles. The molecule has 8 heteroatoms. The molecule has 5 atom stereocenters. The average molecular weight is 449 g/mol. The molecular weight excluding hydrogens is 416 g/mol. The van der Waals surface area contributed by atoms with Crippen LogP contribution in [0.1, 0.15) is 46.0 Å². The monoisotopic (exact) mass is 448 g/mol. The number of hydrogen-bond donors (Lipinski definition) is 2. The van der Waals surface area contributed by atoms with E-state index in [-0.39, 0.29) is 24.5 Å². The first kappa shape index (κ1) is 23.6. The van der Waals surface area contributed by atoms with Crippen LogP contribution in [0.5, 0.6) is 0 Å². The number of carbonyl (C=O) groups is 3. The number of carboxylic acid groups (broad SMARTS) is 1. The third kappa shape index (κ3) is 5.80. The molecule has 1 aromatic rings. The highest BCUT2D eigenvalue weighted by Gasteiger charge is 2.48. The van der Waals surface area contributed by atoms with E-state index in [1.54, 1.807) is 18.7 Å². The highest BCUT2D eigenvalue weighted by Crippen LogP contribution is 2.40. The Hall–Kier alpha value is -2.06. The average Bonchev–Trinajstić information content (AvgIpc) is 3.16. The SMILES string of the molecule is CCOC(=O)C(CSc1ccccc1)N[C@@H](C)C(=O)N1C(C(=O)O)CC2CCCCC21. The highest BCUT2D eigenvalue weighted by molar-refractivity contribution is 7.99. The summed E-state index contributed by atoms with van der Waals surface area (Å²) in [5.41, 5.74) is 0. The van der Waals surface area contributed by atoms with Gasteiger partial charge in [0.1, 0.15) is 12.1 Å². The lowest BCUT2D eigenvalue weighted by Crippen LogP contribution is -2.56. The fourth-order valence-electron chi connectivity index (χ4n) is 4.72. The van der Waals surface area contributed by atoms with Gasteiger partial charge in [0.25, 0.3) is 0 Å². The second-order valence-electron chi connectivity index (χ2n) is 8.26. The number of fused-ring (bicyclic) bond motifs is 1. The van der Waals surface area contributed by atoms with Crippen LogP contribution in [0.4, 0.5) is 0 Å². The smallest absolute Gasteiger partial charge is 0.326 e. The Morgan fingerprint density at radius 1 is 1.23 bits per heavy atom. The van der Waals surface area contributed by atoms with Gasteiger partial charge in [-0.05, 0) is 51.2 Å². The van der Waals surface area contributed by atoms with Crippen molar-refractivity contribution < 1.29 is 24.2 Å². The van der Waals surface area contributed by atoms with Crippen LogP contribution in [-0.2, 0) is 19.1 Å². The van der Waals surface area contributed by atoms with E-state index in [9.17, 15) is 19.5 Å². The van der Waals surface area contributed by atoms with E-state index >= 15 is 0 Å². The van der Waals surface area contributed by atoms with Crippen molar-refractivity contribution in [2.45, 2.75) is 75.0 Å². The Kier molecular flexibility index (Phi) is 8.37. The summed E-state index contributed by atoms with van der Waals surface area (Å²) in [6.45, 7) is 3.71. The lowest BCUT2D eigenvalue weighted by atomic mass is 9.84. The van der Waals surface area contributed by atoms with Crippen molar-refractivity contribution in [1.29, 1.82) is 0 Å². The Morgan fingerprint density at radius 2 is 1.94 bits per heavy atom. The van der Waals surface area contributed by atoms with Crippen LogP contribution >= 0.6 is 11.8 Å². The molecule has 3 rings (SSSR count). The van der Waals surface area contributed by atoms with E-state index in [1.807, 2.05) is 30.3 Å². The Bertz CT molecular complexity index is 774. The largest absolute Gasteiger partial charge is 0.480 e. The number of carboxylic acids is 1. The van der Waals surface area contributed by atoms with Gasteiger partial charge in [0, 0.05) is 16.7 Å². The second-order valence-corrected chi connectivity index (χ2v) is 9.36. The molecular formula is C23H32N2O5S. The maximum atomic E-state index is 13.3. The van der Waals surface area contributed by atoms with E-state index in [4.69, 9.17) is 4.74 Å². The molecule has 170 valence electrons. The highest BCUT2D eigenvalue weighted by atomic mass is 32.2. The van der Waals surface area contributed by atoms with Crippen molar-refractivity contribution in [3.63, 3.8) is 0 Å². The van der Waals surface area contributed by atoms with E-state index in [0.717, 1.165) is 30.6 Å². The van der Waals surface area contributed by atoms with Crippen molar-refractivity contribution in [3.05, 3.63) is 30.3 Å². The summed E-state index contributed by atoms with van der Waals surface area (Å²) in [7, 11) is 0. The molecule has 2 N–H and O–H groups in total. The van der Waals surface area contributed by atoms with Gasteiger partial charge in [-0.25, -0.2) is 4.79 Å². The van der Waals surface area contributed by atoms with Crippen LogP contribution in [0.15, 0.2) is 35.2 Å². The number of esters is 1. The Labute approximate surface area is 187 Å². The number of aliphatic carboxylic acids is 1. The van der Waals surface area contributed by atoms with Crippen LogP contribution in [0.3, 0.4) is 0 Å². The van der Waals surface area contributed by atoms with Crippen molar-refractivity contribution in [1.82, 2.24) is 10.2 Å². The molecule has 1 saturated heterocycles. The number of carbonyl (C=O) groups excluding carboxylic acids is 2. The number of ether oxygens (including phenoxy) is 1. The molecule has 0 bridgehead atoms. The normalized spacial score (nSPS) is 24.8. The van der Waals surface area contributed by atoms with Gasteiger partial charge in [-0.2, -0.15) is 0 Å². The summed E-state index contributed by atoms with van der Waals surface area (Å²) in [6.07, 6.45) is 4.43. The van der Waals surface area contributed by atoms with Gasteiger partial charge in [0.05, 0.1) is 12.6 Å². The fraction of sp³-hybridized carbons (Fsp3) is 0.609. The third-order valence-electron chi connectivity index (χ3n) is 6.18. The molecule has 1 heterocycles. The van der Waals surface area contributed by atoms with Gasteiger partial charge in [0.15, 0.2) is 0 Å². The maximum absolute atomic E-state index is 13.3. The minimum absolute atomic E-state index is 0.0219. The van der Waals surface area contributed by atoms with Gasteiger partial charge in [-0.1, -0.05) is 31.0 Å². The van der Waals surface area contributed by atoms with Gasteiger partial charge < -0.3 is 14.7 Å². The maximum Gasteiger partial charge on any atom is 0.326 e. The molecule has 0 radical (unpaired) electrons. The predicted octanol–water partition coefficient (Wildman–Crippen LogP) is 2.93. The van der Waals surface area contributed by atoms with Gasteiger partial charge in [-0.3, -0.25) is 14.9 Å². The Balaban J connectivity index is 1.70. The number of rotatable bonds is 9. The molecule has 7 nitrogen and oxygen atoms in total. The van der Waals surface area contributed by atoms with Crippen molar-refractivity contribution >= 4 is 29.6 Å². The van der Waals surface area contributed by atoms with Crippen molar-refractivity contribution in [2.75, 3.05) is 12.4 Å². The second kappa shape index (κ2) is 11.0. The quantitative estimate of drug-likeness (QED) is 0.443. The van der Waals surface area contributed by atoms with Gasteiger partial charge in [-0.15, -0.1) is 11.8 Å². The number of amides is 1. The molecule has 2 fully saturated rings. The summed E-state index contributed by atoms with van der Waals surface area (Å²) in [6, 6.07) is 7.56. The first-order valence-electron chi connectivity index (χ1n) is 11.1. The lowest BCUT2D eigenvalue weighted by molar-refractivity contribution is -0.151. The number of likely N-dealkylation sites (tertiary alicyclic amines) is 1. The zero-order chi connectivity index (χ0) is 22.4. The molecule has 2 aliphatic rings. The number of nitrogens with one attached hydrogen (secondary N) is 1. The molecule has 1 aromatic carbocycles. The minimum Gasteiger partial charge on any atom is -0.480 e. The number of hydrogen-bond acceptors (Lipinski definition) is 6. The van der Waals surface area contributed by atoms with E-state index in [1.165, 1.54) is 11.8 Å². The Morgan fingerprint density at radius 3 is 2.61 bits per heavy atom.